The number of amides is 2. The van der Waals surface area contributed by atoms with Crippen molar-refractivity contribution in [1.29, 1.82) is 0 Å². The monoisotopic (exact) mass is 389 g/mol. The fourth-order valence-corrected chi connectivity index (χ4v) is 3.68. The van der Waals surface area contributed by atoms with Gasteiger partial charge in [-0.15, -0.1) is 5.10 Å². The zero-order valence-corrected chi connectivity index (χ0v) is 16.2. The number of anilines is 2. The van der Waals surface area contributed by atoms with Gasteiger partial charge < -0.3 is 20.3 Å². The zero-order valence-electron chi connectivity index (χ0n) is 15.4. The third kappa shape index (κ3) is 5.30. The molecule has 2 aliphatic rings. The third-order valence-electron chi connectivity index (χ3n) is 4.02. The first-order valence-electron chi connectivity index (χ1n) is 8.81. The number of hydrogen-bond donors (Lipinski definition) is 2. The summed E-state index contributed by atoms with van der Waals surface area (Å²) in [5.41, 5.74) is 2.50. The smallest absolute Gasteiger partial charge is 0.240 e. The van der Waals surface area contributed by atoms with Crippen molar-refractivity contribution < 1.29 is 14.3 Å². The van der Waals surface area contributed by atoms with Gasteiger partial charge in [-0.1, -0.05) is 23.9 Å². The third-order valence-corrected chi connectivity index (χ3v) is 5.09. The number of nitrogens with zero attached hydrogens (tertiary/aromatic N) is 3. The summed E-state index contributed by atoms with van der Waals surface area (Å²) in [6.07, 6.45) is 0.0712. The number of amidine groups is 1. The number of hydrogen-bond acceptors (Lipinski definition) is 7. The summed E-state index contributed by atoms with van der Waals surface area (Å²) in [5.74, 6) is -0.431. The maximum atomic E-state index is 12.5. The molecule has 8 nitrogen and oxygen atoms in total. The number of thioether (sulfide) groups is 1. The summed E-state index contributed by atoms with van der Waals surface area (Å²) in [6, 6.07) is 7.68. The molecule has 0 saturated carbocycles. The molecule has 0 aliphatic carbocycles. The Morgan fingerprint density at radius 2 is 2.07 bits per heavy atom. The second-order valence-electron chi connectivity index (χ2n) is 6.42. The fraction of sp³-hybridized carbons (Fsp3) is 0.444. The van der Waals surface area contributed by atoms with Crippen LogP contribution in [-0.4, -0.2) is 54.2 Å². The van der Waals surface area contributed by atoms with Gasteiger partial charge in [0.15, 0.2) is 5.17 Å². The summed E-state index contributed by atoms with van der Waals surface area (Å²) in [5, 5.41) is 13.4. The van der Waals surface area contributed by atoms with E-state index in [1.807, 2.05) is 38.1 Å². The van der Waals surface area contributed by atoms with E-state index in [9.17, 15) is 9.59 Å². The average molecular weight is 389 g/mol. The highest BCUT2D eigenvalue weighted by Crippen LogP contribution is 2.28. The predicted molar refractivity (Wildman–Crippen MR) is 108 cm³/mol. The van der Waals surface area contributed by atoms with E-state index in [2.05, 4.69) is 25.7 Å². The highest BCUT2D eigenvalue weighted by atomic mass is 32.2. The van der Waals surface area contributed by atoms with Crippen LogP contribution in [0.5, 0.6) is 0 Å². The van der Waals surface area contributed by atoms with Crippen LogP contribution >= 0.6 is 11.8 Å². The first kappa shape index (κ1) is 19.4. The van der Waals surface area contributed by atoms with E-state index < -0.39 is 5.25 Å². The highest BCUT2D eigenvalue weighted by molar-refractivity contribution is 8.15. The van der Waals surface area contributed by atoms with Crippen molar-refractivity contribution in [3.8, 4) is 0 Å². The van der Waals surface area contributed by atoms with Crippen LogP contribution in [0.25, 0.3) is 0 Å². The quantitative estimate of drug-likeness (QED) is 0.592. The second kappa shape index (κ2) is 9.01. The van der Waals surface area contributed by atoms with Gasteiger partial charge in [-0.2, -0.15) is 5.10 Å². The first-order valence-corrected chi connectivity index (χ1v) is 9.69. The van der Waals surface area contributed by atoms with Crippen molar-refractivity contribution in [3.05, 3.63) is 24.3 Å². The van der Waals surface area contributed by atoms with E-state index in [4.69, 9.17) is 4.74 Å². The summed E-state index contributed by atoms with van der Waals surface area (Å²) in [6.45, 7) is 6.55. The van der Waals surface area contributed by atoms with E-state index in [-0.39, 0.29) is 18.2 Å². The van der Waals surface area contributed by atoms with Gasteiger partial charge >= 0.3 is 0 Å². The van der Waals surface area contributed by atoms with E-state index in [1.165, 1.54) is 11.8 Å². The Balaban J connectivity index is 1.62. The number of ether oxygens (including phenoxy) is 1. The Hall–Kier alpha value is -2.39. The van der Waals surface area contributed by atoms with Crippen molar-refractivity contribution in [3.63, 3.8) is 0 Å². The molecule has 9 heteroatoms. The molecule has 2 fully saturated rings. The molecule has 1 atom stereocenters. The van der Waals surface area contributed by atoms with Crippen molar-refractivity contribution >= 4 is 45.8 Å². The number of para-hydroxylation sites is 2. The number of nitrogens with one attached hydrogen (secondary N) is 2. The van der Waals surface area contributed by atoms with Crippen LogP contribution in [0, 0.1) is 0 Å². The van der Waals surface area contributed by atoms with Crippen LogP contribution in [0.2, 0.25) is 0 Å². The SMILES string of the molecule is CC(C)=NN=C1NC(=O)C(CC(=O)Nc2ccccc2N2CCOCC2)S1. The van der Waals surface area contributed by atoms with Gasteiger partial charge in [0.05, 0.1) is 24.6 Å². The van der Waals surface area contributed by atoms with Crippen LogP contribution in [-0.2, 0) is 14.3 Å². The number of carbonyl (C=O) groups excluding carboxylic acids is 2. The van der Waals surface area contributed by atoms with Crippen molar-refractivity contribution in [2.24, 2.45) is 10.2 Å². The van der Waals surface area contributed by atoms with Gasteiger partial charge in [0.1, 0.15) is 5.25 Å². The molecule has 2 N–H and O–H groups in total. The summed E-state index contributed by atoms with van der Waals surface area (Å²) in [7, 11) is 0. The fourth-order valence-electron chi connectivity index (χ4n) is 2.76. The zero-order chi connectivity index (χ0) is 19.2. The number of benzene rings is 1. The first-order chi connectivity index (χ1) is 13.0. The Morgan fingerprint density at radius 3 is 2.81 bits per heavy atom. The molecule has 0 aromatic heterocycles. The standard InChI is InChI=1S/C18H23N5O3S/c1-12(2)21-22-18-20-17(25)15(27-18)11-16(24)19-13-5-3-4-6-14(13)23-7-9-26-10-8-23/h3-6,15H,7-11H2,1-2H3,(H,19,24)(H,20,22,25). The molecule has 0 radical (unpaired) electrons. The lowest BCUT2D eigenvalue weighted by atomic mass is 10.2. The average Bonchev–Trinajstić information content (AvgIpc) is 3.00. The Morgan fingerprint density at radius 1 is 1.33 bits per heavy atom. The Kier molecular flexibility index (Phi) is 6.46. The number of morpholine rings is 1. The van der Waals surface area contributed by atoms with Gasteiger partial charge in [0, 0.05) is 25.2 Å². The normalized spacial score (nSPS) is 21.1. The molecule has 27 heavy (non-hydrogen) atoms. The largest absolute Gasteiger partial charge is 0.378 e. The van der Waals surface area contributed by atoms with E-state index >= 15 is 0 Å². The van der Waals surface area contributed by atoms with Crippen LogP contribution in [0.1, 0.15) is 20.3 Å². The van der Waals surface area contributed by atoms with Crippen molar-refractivity contribution in [1.82, 2.24) is 5.32 Å². The van der Waals surface area contributed by atoms with Gasteiger partial charge in [-0.3, -0.25) is 9.59 Å². The topological polar surface area (TPSA) is 95.4 Å². The van der Waals surface area contributed by atoms with E-state index in [0.717, 1.165) is 30.2 Å². The van der Waals surface area contributed by atoms with E-state index in [0.29, 0.717) is 18.4 Å². The van der Waals surface area contributed by atoms with Crippen LogP contribution in [0.4, 0.5) is 11.4 Å². The molecular formula is C18H23N5O3S. The van der Waals surface area contributed by atoms with Crippen molar-refractivity contribution in [2.45, 2.75) is 25.5 Å². The minimum absolute atomic E-state index is 0.0712. The summed E-state index contributed by atoms with van der Waals surface area (Å²) >= 11 is 1.23. The van der Waals surface area contributed by atoms with Gasteiger partial charge in [-0.05, 0) is 26.0 Å². The Labute approximate surface area is 162 Å². The number of carbonyl (C=O) groups is 2. The van der Waals surface area contributed by atoms with Crippen LogP contribution in [0.3, 0.4) is 0 Å². The van der Waals surface area contributed by atoms with Crippen LogP contribution in [0.15, 0.2) is 34.5 Å². The molecule has 2 aliphatic heterocycles. The summed E-state index contributed by atoms with van der Waals surface area (Å²) in [4.78, 5) is 26.8. The lowest BCUT2D eigenvalue weighted by Crippen LogP contribution is -2.36. The second-order valence-corrected chi connectivity index (χ2v) is 7.61. The minimum atomic E-state index is -0.508. The molecule has 0 spiro atoms. The lowest BCUT2D eigenvalue weighted by molar-refractivity contribution is -0.122. The molecule has 1 unspecified atom stereocenters. The van der Waals surface area contributed by atoms with Gasteiger partial charge in [0.25, 0.3) is 0 Å². The molecular weight excluding hydrogens is 366 g/mol. The van der Waals surface area contributed by atoms with Gasteiger partial charge in [0.2, 0.25) is 11.8 Å². The summed E-state index contributed by atoms with van der Waals surface area (Å²) < 4.78 is 5.39. The lowest BCUT2D eigenvalue weighted by Gasteiger charge is -2.30. The molecule has 0 bridgehead atoms. The molecule has 144 valence electrons. The molecule has 2 saturated heterocycles. The van der Waals surface area contributed by atoms with Crippen LogP contribution < -0.4 is 15.5 Å². The minimum Gasteiger partial charge on any atom is -0.378 e. The molecule has 2 amide bonds. The highest BCUT2D eigenvalue weighted by Gasteiger charge is 2.32. The van der Waals surface area contributed by atoms with Crippen molar-refractivity contribution in [2.75, 3.05) is 36.5 Å². The molecule has 3 rings (SSSR count). The number of rotatable bonds is 5. The molecule has 2 heterocycles. The predicted octanol–water partition coefficient (Wildman–Crippen LogP) is 1.84. The maximum Gasteiger partial charge on any atom is 0.240 e. The molecule has 1 aromatic rings. The maximum absolute atomic E-state index is 12.5. The van der Waals surface area contributed by atoms with Gasteiger partial charge in [-0.25, -0.2) is 0 Å². The Bertz CT molecular complexity index is 770. The molecule has 1 aromatic carbocycles. The van der Waals surface area contributed by atoms with E-state index in [1.54, 1.807) is 0 Å².